The number of carbonyl (C=O) groups excluding carboxylic acids is 1. The van der Waals surface area contributed by atoms with E-state index in [1.807, 2.05) is 0 Å². The predicted octanol–water partition coefficient (Wildman–Crippen LogP) is 5.42. The van der Waals surface area contributed by atoms with Crippen molar-refractivity contribution in [3.8, 4) is 0 Å². The molecule has 0 saturated heterocycles. The molecule has 0 N–H and O–H groups in total. The van der Waals surface area contributed by atoms with Gasteiger partial charge in [-0.05, 0) is 42.8 Å². The summed E-state index contributed by atoms with van der Waals surface area (Å²) in [6.45, 7) is 1.67. The zero-order valence-electron chi connectivity index (χ0n) is 12.9. The van der Waals surface area contributed by atoms with E-state index in [1.54, 1.807) is 25.1 Å². The van der Waals surface area contributed by atoms with E-state index in [0.29, 0.717) is 26.6 Å². The van der Waals surface area contributed by atoms with Crippen LogP contribution in [-0.2, 0) is 11.3 Å². The number of carbonyl (C=O) groups is 1. The minimum absolute atomic E-state index is 0.136. The van der Waals surface area contributed by atoms with Gasteiger partial charge in [0.05, 0.1) is 10.6 Å². The SMILES string of the molecule is Cc1cc2oc(=O)cc(COC(=O)c3cc(Cl)ccc3Cl)c2cc1Cl. The molecule has 0 amide bonds. The maximum atomic E-state index is 12.2. The standard InChI is InChI=1S/C18H11Cl3O4/c1-9-4-16-12(7-15(9)21)10(5-17(22)25-16)8-24-18(23)13-6-11(19)2-3-14(13)20/h2-7H,8H2,1H3. The second-order valence-corrected chi connectivity index (χ2v) is 6.64. The van der Waals surface area contributed by atoms with E-state index in [9.17, 15) is 9.59 Å². The minimum Gasteiger partial charge on any atom is -0.457 e. The first kappa shape index (κ1) is 17.8. The maximum Gasteiger partial charge on any atom is 0.340 e. The summed E-state index contributed by atoms with van der Waals surface area (Å²) in [6, 6.07) is 9.10. The van der Waals surface area contributed by atoms with Crippen LogP contribution in [0, 0.1) is 6.92 Å². The van der Waals surface area contributed by atoms with E-state index in [-0.39, 0.29) is 17.2 Å². The average Bonchev–Trinajstić information content (AvgIpc) is 2.56. The minimum atomic E-state index is -0.646. The fraction of sp³-hybridized carbons (Fsp3) is 0.111. The number of fused-ring (bicyclic) bond motifs is 1. The summed E-state index contributed by atoms with van der Waals surface area (Å²) < 4.78 is 10.4. The molecule has 0 aliphatic carbocycles. The molecule has 4 nitrogen and oxygen atoms in total. The molecule has 1 heterocycles. The van der Waals surface area contributed by atoms with Crippen LogP contribution in [0.2, 0.25) is 15.1 Å². The van der Waals surface area contributed by atoms with E-state index in [0.717, 1.165) is 5.56 Å². The monoisotopic (exact) mass is 396 g/mol. The average molecular weight is 398 g/mol. The first-order valence-corrected chi connectivity index (χ1v) is 8.33. The molecule has 0 aliphatic heterocycles. The number of halogens is 3. The van der Waals surface area contributed by atoms with Crippen molar-refractivity contribution >= 4 is 51.7 Å². The third kappa shape index (κ3) is 3.82. The van der Waals surface area contributed by atoms with Crippen LogP contribution in [0.15, 0.2) is 45.6 Å². The van der Waals surface area contributed by atoms with Crippen LogP contribution >= 0.6 is 34.8 Å². The van der Waals surface area contributed by atoms with Gasteiger partial charge in [-0.3, -0.25) is 0 Å². The van der Waals surface area contributed by atoms with E-state index < -0.39 is 11.6 Å². The Labute approximate surface area is 157 Å². The van der Waals surface area contributed by atoms with Crippen LogP contribution in [-0.4, -0.2) is 5.97 Å². The number of rotatable bonds is 3. The Morgan fingerprint density at radius 1 is 1.08 bits per heavy atom. The van der Waals surface area contributed by atoms with Crippen LogP contribution in [0.5, 0.6) is 0 Å². The van der Waals surface area contributed by atoms with Gasteiger partial charge in [-0.2, -0.15) is 0 Å². The summed E-state index contributed by atoms with van der Waals surface area (Å²) in [4.78, 5) is 24.0. The van der Waals surface area contributed by atoms with Crippen LogP contribution < -0.4 is 5.63 Å². The molecule has 1 aromatic heterocycles. The Morgan fingerprint density at radius 3 is 2.60 bits per heavy atom. The summed E-state index contributed by atoms with van der Waals surface area (Å²) in [5, 5.41) is 1.71. The predicted molar refractivity (Wildman–Crippen MR) is 97.8 cm³/mol. The molecule has 0 spiro atoms. The van der Waals surface area contributed by atoms with Crippen LogP contribution in [0.4, 0.5) is 0 Å². The number of benzene rings is 2. The molecule has 0 unspecified atom stereocenters. The van der Waals surface area contributed by atoms with Gasteiger partial charge in [-0.25, -0.2) is 9.59 Å². The Kier molecular flexibility index (Phi) is 5.04. The molecule has 128 valence electrons. The lowest BCUT2D eigenvalue weighted by Crippen LogP contribution is -2.08. The van der Waals surface area contributed by atoms with Crippen molar-refractivity contribution < 1.29 is 13.9 Å². The zero-order chi connectivity index (χ0) is 18.1. The molecule has 3 rings (SSSR count). The summed E-state index contributed by atoms with van der Waals surface area (Å²) in [6.07, 6.45) is 0. The van der Waals surface area contributed by atoms with E-state index >= 15 is 0 Å². The number of aryl methyl sites for hydroxylation is 1. The first-order chi connectivity index (χ1) is 11.8. The van der Waals surface area contributed by atoms with Gasteiger partial charge in [0, 0.05) is 27.1 Å². The largest absolute Gasteiger partial charge is 0.457 e. The third-order valence-corrected chi connectivity index (χ3v) is 4.59. The number of hydrogen-bond acceptors (Lipinski definition) is 4. The van der Waals surface area contributed by atoms with Crippen LogP contribution in [0.3, 0.4) is 0 Å². The highest BCUT2D eigenvalue weighted by molar-refractivity contribution is 6.35. The van der Waals surface area contributed by atoms with E-state index in [2.05, 4.69) is 0 Å². The molecule has 0 fully saturated rings. The molecule has 7 heteroatoms. The van der Waals surface area contributed by atoms with E-state index in [4.69, 9.17) is 44.0 Å². The second-order valence-electron chi connectivity index (χ2n) is 5.39. The third-order valence-electron chi connectivity index (χ3n) is 3.62. The smallest absolute Gasteiger partial charge is 0.340 e. The number of ether oxygens (including phenoxy) is 1. The van der Waals surface area contributed by atoms with Gasteiger partial charge in [0.25, 0.3) is 0 Å². The maximum absolute atomic E-state index is 12.2. The summed E-state index contributed by atoms with van der Waals surface area (Å²) >= 11 is 18.0. The quantitative estimate of drug-likeness (QED) is 0.437. The Bertz CT molecular complexity index is 1040. The number of esters is 1. The Balaban J connectivity index is 1.93. The fourth-order valence-corrected chi connectivity index (χ4v) is 2.87. The van der Waals surface area contributed by atoms with Gasteiger partial charge in [0.1, 0.15) is 12.2 Å². The topological polar surface area (TPSA) is 56.5 Å². The lowest BCUT2D eigenvalue weighted by Gasteiger charge is -2.09. The van der Waals surface area contributed by atoms with Crippen molar-refractivity contribution in [3.63, 3.8) is 0 Å². The Hall–Kier alpha value is -2.01. The zero-order valence-corrected chi connectivity index (χ0v) is 15.2. The van der Waals surface area contributed by atoms with E-state index in [1.165, 1.54) is 18.2 Å². The highest BCUT2D eigenvalue weighted by Gasteiger charge is 2.15. The Morgan fingerprint density at radius 2 is 1.84 bits per heavy atom. The van der Waals surface area contributed by atoms with Gasteiger partial charge in [-0.1, -0.05) is 34.8 Å². The fourth-order valence-electron chi connectivity index (χ4n) is 2.34. The van der Waals surface area contributed by atoms with Gasteiger partial charge in [0.2, 0.25) is 0 Å². The van der Waals surface area contributed by atoms with Gasteiger partial charge < -0.3 is 9.15 Å². The molecule has 25 heavy (non-hydrogen) atoms. The van der Waals surface area contributed by atoms with Gasteiger partial charge in [0.15, 0.2) is 0 Å². The van der Waals surface area contributed by atoms with Crippen molar-refractivity contribution in [2.24, 2.45) is 0 Å². The van der Waals surface area contributed by atoms with Crippen molar-refractivity contribution in [3.05, 3.63) is 78.6 Å². The molecule has 0 radical (unpaired) electrons. The summed E-state index contributed by atoms with van der Waals surface area (Å²) in [5.74, 6) is -0.646. The summed E-state index contributed by atoms with van der Waals surface area (Å²) in [7, 11) is 0. The second kappa shape index (κ2) is 7.08. The lowest BCUT2D eigenvalue weighted by molar-refractivity contribution is 0.0474. The van der Waals surface area contributed by atoms with Crippen molar-refractivity contribution in [1.29, 1.82) is 0 Å². The lowest BCUT2D eigenvalue weighted by atomic mass is 10.1. The molecule has 0 aliphatic rings. The van der Waals surface area contributed by atoms with Crippen LogP contribution in [0.25, 0.3) is 11.0 Å². The van der Waals surface area contributed by atoms with Crippen molar-refractivity contribution in [2.45, 2.75) is 13.5 Å². The number of hydrogen-bond donors (Lipinski definition) is 0. The highest BCUT2D eigenvalue weighted by atomic mass is 35.5. The molecule has 3 aromatic rings. The molecular formula is C18H11Cl3O4. The first-order valence-electron chi connectivity index (χ1n) is 7.20. The molecular weight excluding hydrogens is 387 g/mol. The van der Waals surface area contributed by atoms with Crippen molar-refractivity contribution in [1.82, 2.24) is 0 Å². The molecule has 0 bridgehead atoms. The highest BCUT2D eigenvalue weighted by Crippen LogP contribution is 2.26. The molecule has 2 aromatic carbocycles. The van der Waals surface area contributed by atoms with Gasteiger partial charge >= 0.3 is 11.6 Å². The normalized spacial score (nSPS) is 10.9. The van der Waals surface area contributed by atoms with Gasteiger partial charge in [-0.15, -0.1) is 0 Å². The molecule has 0 saturated carbocycles. The molecule has 0 atom stereocenters. The van der Waals surface area contributed by atoms with Crippen LogP contribution in [0.1, 0.15) is 21.5 Å². The summed E-state index contributed by atoms with van der Waals surface area (Å²) in [5.41, 5.74) is 1.24. The van der Waals surface area contributed by atoms with Crippen molar-refractivity contribution in [2.75, 3.05) is 0 Å².